The first-order valence-electron chi connectivity index (χ1n) is 5.68. The van der Waals surface area contributed by atoms with E-state index in [9.17, 15) is 14.9 Å². The summed E-state index contributed by atoms with van der Waals surface area (Å²) in [7, 11) is 0. The van der Waals surface area contributed by atoms with Crippen LogP contribution in [0.15, 0.2) is 18.3 Å². The van der Waals surface area contributed by atoms with Gasteiger partial charge in [-0.1, -0.05) is 0 Å². The predicted molar refractivity (Wildman–Crippen MR) is 63.1 cm³/mol. The molecule has 7 nitrogen and oxygen atoms in total. The molecule has 2 rings (SSSR count). The SMILES string of the molecule is O=C(OCCNc1ccc([N+](=O)[O-])cn1)C1CC1. The molecule has 0 aliphatic heterocycles. The fraction of sp³-hybridized carbons (Fsp3) is 0.455. The van der Waals surface area contributed by atoms with E-state index in [4.69, 9.17) is 4.74 Å². The Morgan fingerprint density at radius 3 is 2.89 bits per heavy atom. The topological polar surface area (TPSA) is 94.4 Å². The van der Waals surface area contributed by atoms with Gasteiger partial charge in [0.2, 0.25) is 0 Å². The van der Waals surface area contributed by atoms with Crippen LogP contribution >= 0.6 is 0 Å². The maximum absolute atomic E-state index is 11.2. The van der Waals surface area contributed by atoms with E-state index in [2.05, 4.69) is 10.3 Å². The molecular formula is C11H13N3O4. The van der Waals surface area contributed by atoms with Crippen molar-refractivity contribution in [2.75, 3.05) is 18.5 Å². The van der Waals surface area contributed by atoms with Gasteiger partial charge < -0.3 is 10.1 Å². The second-order valence-corrected chi connectivity index (χ2v) is 4.03. The monoisotopic (exact) mass is 251 g/mol. The van der Waals surface area contributed by atoms with Crippen LogP contribution < -0.4 is 5.32 Å². The van der Waals surface area contributed by atoms with Gasteiger partial charge in [0.15, 0.2) is 0 Å². The highest BCUT2D eigenvalue weighted by atomic mass is 16.6. The van der Waals surface area contributed by atoms with E-state index in [1.54, 1.807) is 0 Å². The van der Waals surface area contributed by atoms with Gasteiger partial charge in [0.05, 0.1) is 17.4 Å². The number of nitrogens with zero attached hydrogens (tertiary/aromatic N) is 2. The summed E-state index contributed by atoms with van der Waals surface area (Å²) >= 11 is 0. The minimum atomic E-state index is -0.506. The van der Waals surface area contributed by atoms with Crippen LogP contribution in [0.5, 0.6) is 0 Å². The van der Waals surface area contributed by atoms with Crippen LogP contribution in [0.25, 0.3) is 0 Å². The number of esters is 1. The number of hydrogen-bond acceptors (Lipinski definition) is 6. The number of carbonyl (C=O) groups excluding carboxylic acids is 1. The molecule has 0 saturated heterocycles. The van der Waals surface area contributed by atoms with Gasteiger partial charge in [-0.05, 0) is 18.9 Å². The number of carbonyl (C=O) groups is 1. The van der Waals surface area contributed by atoms with E-state index >= 15 is 0 Å². The van der Waals surface area contributed by atoms with Gasteiger partial charge in [0.1, 0.15) is 18.6 Å². The van der Waals surface area contributed by atoms with Crippen LogP contribution in [0.2, 0.25) is 0 Å². The smallest absolute Gasteiger partial charge is 0.308 e. The Kier molecular flexibility index (Phi) is 3.71. The Bertz CT molecular complexity index is 442. The molecule has 1 saturated carbocycles. The molecular weight excluding hydrogens is 238 g/mol. The van der Waals surface area contributed by atoms with Crippen LogP contribution in [0.1, 0.15) is 12.8 Å². The summed E-state index contributed by atoms with van der Waals surface area (Å²) in [6.45, 7) is 0.706. The molecule has 1 N–H and O–H groups in total. The molecule has 0 unspecified atom stereocenters. The van der Waals surface area contributed by atoms with Gasteiger partial charge in [-0.15, -0.1) is 0 Å². The molecule has 0 spiro atoms. The lowest BCUT2D eigenvalue weighted by molar-refractivity contribution is -0.385. The number of aromatic nitrogens is 1. The Balaban J connectivity index is 1.69. The third-order valence-electron chi connectivity index (χ3n) is 2.52. The molecule has 0 atom stereocenters. The van der Waals surface area contributed by atoms with Crippen molar-refractivity contribution in [1.82, 2.24) is 4.98 Å². The van der Waals surface area contributed by atoms with Crippen LogP contribution in [0, 0.1) is 16.0 Å². The van der Waals surface area contributed by atoms with Crippen molar-refractivity contribution in [3.63, 3.8) is 0 Å². The number of hydrogen-bond donors (Lipinski definition) is 1. The van der Waals surface area contributed by atoms with E-state index in [0.29, 0.717) is 12.4 Å². The van der Waals surface area contributed by atoms with Gasteiger partial charge >= 0.3 is 5.97 Å². The minimum absolute atomic E-state index is 0.0549. The lowest BCUT2D eigenvalue weighted by Gasteiger charge is -2.06. The zero-order valence-electron chi connectivity index (χ0n) is 9.67. The zero-order valence-corrected chi connectivity index (χ0v) is 9.67. The third-order valence-corrected chi connectivity index (χ3v) is 2.52. The standard InChI is InChI=1S/C11H13N3O4/c15-11(8-1-2-8)18-6-5-12-10-4-3-9(7-13-10)14(16)17/h3-4,7-8H,1-2,5-6H2,(H,12,13). The number of nitrogens with one attached hydrogen (secondary N) is 1. The molecule has 1 fully saturated rings. The van der Waals surface area contributed by atoms with Crippen molar-refractivity contribution < 1.29 is 14.5 Å². The summed E-state index contributed by atoms with van der Waals surface area (Å²) in [5, 5.41) is 13.3. The molecule has 7 heteroatoms. The summed E-state index contributed by atoms with van der Waals surface area (Å²) in [5.41, 5.74) is -0.0549. The second kappa shape index (κ2) is 5.44. The first-order chi connectivity index (χ1) is 8.66. The summed E-state index contributed by atoms with van der Waals surface area (Å²) in [4.78, 5) is 25.0. The summed E-state index contributed by atoms with van der Waals surface area (Å²) < 4.78 is 5.01. The van der Waals surface area contributed by atoms with Crippen molar-refractivity contribution in [2.24, 2.45) is 5.92 Å². The molecule has 96 valence electrons. The van der Waals surface area contributed by atoms with Gasteiger partial charge in [0, 0.05) is 6.07 Å². The van der Waals surface area contributed by atoms with Crippen LogP contribution in [-0.4, -0.2) is 29.0 Å². The fourth-order valence-electron chi connectivity index (χ4n) is 1.37. The Morgan fingerprint density at radius 1 is 1.56 bits per heavy atom. The van der Waals surface area contributed by atoms with Crippen LogP contribution in [0.3, 0.4) is 0 Å². The van der Waals surface area contributed by atoms with E-state index < -0.39 is 4.92 Å². The van der Waals surface area contributed by atoms with Crippen molar-refractivity contribution >= 4 is 17.5 Å². The van der Waals surface area contributed by atoms with Crippen LogP contribution in [-0.2, 0) is 9.53 Å². The summed E-state index contributed by atoms with van der Waals surface area (Å²) in [6, 6.07) is 2.88. The Morgan fingerprint density at radius 2 is 2.33 bits per heavy atom. The molecule has 0 aromatic carbocycles. The van der Waals surface area contributed by atoms with Gasteiger partial charge in [-0.25, -0.2) is 4.98 Å². The molecule has 1 aromatic rings. The number of pyridine rings is 1. The fourth-order valence-corrected chi connectivity index (χ4v) is 1.37. The van der Waals surface area contributed by atoms with Gasteiger partial charge in [-0.3, -0.25) is 14.9 Å². The van der Waals surface area contributed by atoms with Crippen molar-refractivity contribution in [3.05, 3.63) is 28.4 Å². The lowest BCUT2D eigenvalue weighted by atomic mass is 10.4. The number of nitro groups is 1. The second-order valence-electron chi connectivity index (χ2n) is 4.03. The minimum Gasteiger partial charge on any atom is -0.464 e. The van der Waals surface area contributed by atoms with E-state index in [-0.39, 0.29) is 24.2 Å². The number of rotatable bonds is 6. The first kappa shape index (κ1) is 12.3. The highest BCUT2D eigenvalue weighted by Crippen LogP contribution is 2.29. The Labute approximate surface area is 103 Å². The lowest BCUT2D eigenvalue weighted by Crippen LogP contribution is -2.15. The summed E-state index contributed by atoms with van der Waals surface area (Å²) in [6.07, 6.45) is 3.03. The quantitative estimate of drug-likeness (QED) is 0.355. The van der Waals surface area contributed by atoms with Gasteiger partial charge in [-0.2, -0.15) is 0 Å². The summed E-state index contributed by atoms with van der Waals surface area (Å²) in [5.74, 6) is 0.471. The van der Waals surface area contributed by atoms with E-state index in [1.165, 1.54) is 18.3 Å². The van der Waals surface area contributed by atoms with Crippen molar-refractivity contribution in [2.45, 2.75) is 12.8 Å². The highest BCUT2D eigenvalue weighted by Gasteiger charge is 2.30. The largest absolute Gasteiger partial charge is 0.464 e. The van der Waals surface area contributed by atoms with E-state index in [0.717, 1.165) is 12.8 Å². The highest BCUT2D eigenvalue weighted by molar-refractivity contribution is 5.74. The maximum Gasteiger partial charge on any atom is 0.308 e. The number of ether oxygens (including phenoxy) is 1. The van der Waals surface area contributed by atoms with Crippen molar-refractivity contribution in [3.8, 4) is 0 Å². The zero-order chi connectivity index (χ0) is 13.0. The predicted octanol–water partition coefficient (Wildman–Crippen LogP) is 1.35. The van der Waals surface area contributed by atoms with E-state index in [1.807, 2.05) is 0 Å². The average Bonchev–Trinajstić information content (AvgIpc) is 3.19. The third kappa shape index (κ3) is 3.41. The Hall–Kier alpha value is -2.18. The molecule has 0 bridgehead atoms. The number of anilines is 1. The average molecular weight is 251 g/mol. The molecule has 1 heterocycles. The molecule has 1 aliphatic carbocycles. The van der Waals surface area contributed by atoms with Crippen molar-refractivity contribution in [1.29, 1.82) is 0 Å². The molecule has 0 radical (unpaired) electrons. The molecule has 18 heavy (non-hydrogen) atoms. The molecule has 1 aromatic heterocycles. The van der Waals surface area contributed by atoms with Gasteiger partial charge in [0.25, 0.3) is 5.69 Å². The first-order valence-corrected chi connectivity index (χ1v) is 5.68. The maximum atomic E-state index is 11.2. The molecule has 0 amide bonds. The normalized spacial score (nSPS) is 14.0. The van der Waals surface area contributed by atoms with Crippen LogP contribution in [0.4, 0.5) is 11.5 Å². The molecule has 1 aliphatic rings.